The van der Waals surface area contributed by atoms with E-state index in [1.807, 2.05) is 67.8 Å². The molecule has 8 aromatic rings. The van der Waals surface area contributed by atoms with Gasteiger partial charge in [-0.2, -0.15) is 8.42 Å². The number of aromatic nitrogens is 6. The van der Waals surface area contributed by atoms with Crippen molar-refractivity contribution in [2.75, 3.05) is 102 Å². The van der Waals surface area contributed by atoms with E-state index in [0.29, 0.717) is 37.0 Å². The van der Waals surface area contributed by atoms with Gasteiger partial charge in [-0.3, -0.25) is 9.08 Å². The highest BCUT2D eigenvalue weighted by atomic mass is 32.2. The van der Waals surface area contributed by atoms with E-state index in [9.17, 15) is 23.1 Å². The Balaban J connectivity index is 0.000000221. The second-order valence-electron chi connectivity index (χ2n) is 26.7. The summed E-state index contributed by atoms with van der Waals surface area (Å²) in [7, 11) is -2.14. The first-order valence-electron chi connectivity index (χ1n) is 32.4. The van der Waals surface area contributed by atoms with Crippen LogP contribution in [0.25, 0.3) is 44.1 Å². The number of morpholine rings is 2. The smallest absolute Gasteiger partial charge is 0.339 e. The van der Waals surface area contributed by atoms with Crippen LogP contribution < -0.4 is 15.1 Å². The van der Waals surface area contributed by atoms with Gasteiger partial charge in [0.05, 0.1) is 80.0 Å². The standard InChI is InChI=1S/C35H43N5O4.C33H40N4O6S.C4H9NO.2CH4/c1-22-7-9-26(10-8-22)29-27-19-23(2)39-13-14-40(34-36-20-25(21-37-34)11-12-38-15-17-43-18-16-38)30(31(27)39)24(3)28(29)32(33(41)42)44-35(4,5)6;1-20-9-11-24(12-10-20)27-25-17-21(2)36-14-15-37(32-34-18-23(19-35-32)13-16-42-44(8,39)40)28(29(25)36)22(3)26(27)30(31(38)41-7)43-33(4,5)6;1-3-6-4-2-5-1;;/h7-10,19-21,32H,11-18H2,1-6H3,(H,41,42);9-12,17-19,30H,13-16H2,1-8H3;5H,1-4H2;2*1H4/t32-;30-;;;/m00.../s1. The summed E-state index contributed by atoms with van der Waals surface area (Å²) in [5.41, 5.74) is 16.0. The molecule has 4 aliphatic rings. The molecule has 0 bridgehead atoms. The number of aryl methyl sites for hydroxylation is 4. The first-order valence-corrected chi connectivity index (χ1v) is 34.2. The van der Waals surface area contributed by atoms with Gasteiger partial charge in [-0.15, -0.1) is 0 Å². The molecule has 22 heteroatoms. The van der Waals surface area contributed by atoms with Gasteiger partial charge in [0.1, 0.15) is 0 Å². The van der Waals surface area contributed by atoms with Crippen molar-refractivity contribution >= 4 is 67.1 Å². The maximum absolute atomic E-state index is 13.5. The predicted octanol–water partition coefficient (Wildman–Crippen LogP) is 12.6. The number of esters is 1. The Hall–Kier alpha value is -7.67. The van der Waals surface area contributed by atoms with Crippen molar-refractivity contribution in [3.63, 3.8) is 0 Å². The lowest BCUT2D eigenvalue weighted by Crippen LogP contribution is -2.37. The van der Waals surface area contributed by atoms with E-state index in [1.54, 1.807) is 12.4 Å². The molecular formula is C74H100N10O11S. The maximum atomic E-state index is 13.5. The Morgan fingerprint density at radius 3 is 1.41 bits per heavy atom. The van der Waals surface area contributed by atoms with E-state index in [2.05, 4.69) is 127 Å². The molecule has 4 aliphatic heterocycles. The zero-order chi connectivity index (χ0) is 67.4. The molecule has 0 amide bonds. The van der Waals surface area contributed by atoms with Crippen molar-refractivity contribution in [3.8, 4) is 22.3 Å². The highest BCUT2D eigenvalue weighted by Gasteiger charge is 2.39. The van der Waals surface area contributed by atoms with Crippen LogP contribution >= 0.6 is 0 Å². The molecule has 21 nitrogen and oxygen atoms in total. The number of carboxylic acid groups (broad SMARTS) is 1. The molecule has 2 fully saturated rings. The average Bonchev–Trinajstić information content (AvgIpc) is 1.45. The third kappa shape index (κ3) is 17.0. The molecule has 12 rings (SSSR count). The second kappa shape index (κ2) is 31.2. The first kappa shape index (κ1) is 74.1. The fraction of sp³-hybridized carbons (Fsp3) is 0.486. The van der Waals surface area contributed by atoms with Gasteiger partial charge in [0.15, 0.2) is 12.2 Å². The van der Waals surface area contributed by atoms with Crippen LogP contribution in [0, 0.1) is 41.5 Å². The Morgan fingerprint density at radius 2 is 1.02 bits per heavy atom. The highest BCUT2D eigenvalue weighted by Crippen LogP contribution is 2.51. The van der Waals surface area contributed by atoms with Gasteiger partial charge < -0.3 is 53.0 Å². The number of nitrogens with one attached hydrogen (secondary N) is 1. The molecular weight excluding hydrogens is 1240 g/mol. The number of hydrogen-bond donors (Lipinski definition) is 2. The monoisotopic (exact) mass is 1340 g/mol. The SMILES string of the molecule is C.C.C1COCCN1.COC(=O)[C@@H](OC(C)(C)C)c1c(C)c2c3c(cc(C)n3CCN2c2ncc(CCOS(C)(=O)=O)cn2)c1-c1ccc(C)cc1.Cc1ccc(-c2c([C@H](OC(C)(C)C)C(=O)O)c(C)c3c4c2cc(C)n4CCN3c2ncc(CCN3CCOCC3)cn2)cc1. The lowest BCUT2D eigenvalue weighted by atomic mass is 9.87. The van der Waals surface area contributed by atoms with Crippen molar-refractivity contribution < 1.29 is 51.0 Å². The van der Waals surface area contributed by atoms with Gasteiger partial charge >= 0.3 is 11.9 Å². The van der Waals surface area contributed by atoms with Gasteiger partial charge in [0.25, 0.3) is 10.1 Å². The van der Waals surface area contributed by atoms with Gasteiger partial charge in [-0.1, -0.05) is 74.5 Å². The molecule has 0 aliphatic carbocycles. The minimum Gasteiger partial charge on any atom is -0.479 e. The topological polar surface area (TPSA) is 227 Å². The normalized spacial score (nSPS) is 15.6. The fourth-order valence-corrected chi connectivity index (χ4v) is 13.3. The number of ether oxygens (including phenoxy) is 5. The largest absolute Gasteiger partial charge is 0.479 e. The lowest BCUT2D eigenvalue weighted by Gasteiger charge is -2.35. The van der Waals surface area contributed by atoms with Crippen LogP contribution in [0.3, 0.4) is 0 Å². The summed E-state index contributed by atoms with van der Waals surface area (Å²) >= 11 is 0. The zero-order valence-corrected chi connectivity index (χ0v) is 57.8. The summed E-state index contributed by atoms with van der Waals surface area (Å²) in [6, 6.07) is 21.0. The summed E-state index contributed by atoms with van der Waals surface area (Å²) in [6.45, 7) is 34.9. The number of carboxylic acids is 1. The molecule has 4 aromatic heterocycles. The summed E-state index contributed by atoms with van der Waals surface area (Å²) < 4.78 is 60.8. The highest BCUT2D eigenvalue weighted by molar-refractivity contribution is 7.86. The summed E-state index contributed by atoms with van der Waals surface area (Å²) in [5, 5.41) is 15.8. The van der Waals surface area contributed by atoms with Crippen molar-refractivity contribution in [2.45, 2.75) is 147 Å². The predicted molar refractivity (Wildman–Crippen MR) is 381 cm³/mol. The average molecular weight is 1340 g/mol. The molecule has 2 saturated heterocycles. The van der Waals surface area contributed by atoms with Crippen LogP contribution in [0.5, 0.6) is 0 Å². The second-order valence-corrected chi connectivity index (χ2v) is 28.3. The van der Waals surface area contributed by atoms with Crippen LogP contribution in [-0.2, 0) is 73.5 Å². The molecule has 4 aromatic carbocycles. The molecule has 0 spiro atoms. The number of carbonyl (C=O) groups excluding carboxylic acids is 1. The number of methoxy groups -OCH3 is 1. The number of carbonyl (C=O) groups is 2. The number of hydrogen-bond acceptors (Lipinski definition) is 18. The van der Waals surface area contributed by atoms with Crippen LogP contribution in [0.15, 0.2) is 85.5 Å². The Labute approximate surface area is 567 Å². The number of rotatable bonds is 17. The molecule has 0 radical (unpaired) electrons. The molecule has 2 atom stereocenters. The Morgan fingerprint density at radius 1 is 0.604 bits per heavy atom. The van der Waals surface area contributed by atoms with Gasteiger partial charge in [0, 0.05) is 123 Å². The molecule has 96 heavy (non-hydrogen) atoms. The van der Waals surface area contributed by atoms with Crippen LogP contribution in [0.1, 0.15) is 124 Å². The van der Waals surface area contributed by atoms with Crippen molar-refractivity contribution in [1.29, 1.82) is 0 Å². The molecule has 8 heterocycles. The first-order chi connectivity index (χ1) is 44.7. The van der Waals surface area contributed by atoms with E-state index < -0.39 is 45.5 Å². The van der Waals surface area contributed by atoms with E-state index in [0.717, 1.165) is 191 Å². The lowest BCUT2D eigenvalue weighted by molar-refractivity contribution is -0.164. The quantitative estimate of drug-likeness (QED) is 0.0638. The van der Waals surface area contributed by atoms with Crippen LogP contribution in [0.4, 0.5) is 23.3 Å². The Bertz CT molecular complexity index is 4100. The van der Waals surface area contributed by atoms with Crippen molar-refractivity contribution in [1.82, 2.24) is 39.3 Å². The summed E-state index contributed by atoms with van der Waals surface area (Å²) in [6.07, 6.45) is 7.37. The zero-order valence-electron chi connectivity index (χ0n) is 57.0. The molecule has 518 valence electrons. The van der Waals surface area contributed by atoms with Crippen molar-refractivity contribution in [3.05, 3.63) is 141 Å². The van der Waals surface area contributed by atoms with Crippen molar-refractivity contribution in [2.24, 2.45) is 0 Å². The van der Waals surface area contributed by atoms with E-state index in [4.69, 9.17) is 37.8 Å². The Kier molecular flexibility index (Phi) is 24.1. The minimum absolute atomic E-state index is 0. The van der Waals surface area contributed by atoms with Gasteiger partial charge in [-0.05, 0) is 146 Å². The third-order valence-corrected chi connectivity index (χ3v) is 17.9. The molecule has 2 N–H and O–H groups in total. The third-order valence-electron chi connectivity index (χ3n) is 17.3. The number of aliphatic carboxylic acids is 1. The molecule has 0 unspecified atom stereocenters. The molecule has 0 saturated carbocycles. The number of anilines is 4. The fourth-order valence-electron chi connectivity index (χ4n) is 12.9. The van der Waals surface area contributed by atoms with Gasteiger partial charge in [-0.25, -0.2) is 29.5 Å². The van der Waals surface area contributed by atoms with Gasteiger partial charge in [0.2, 0.25) is 11.9 Å². The van der Waals surface area contributed by atoms with E-state index in [-0.39, 0.29) is 21.5 Å². The van der Waals surface area contributed by atoms with Crippen LogP contribution in [0.2, 0.25) is 0 Å². The summed E-state index contributed by atoms with van der Waals surface area (Å²) in [5.74, 6) is -0.361. The summed E-state index contributed by atoms with van der Waals surface area (Å²) in [4.78, 5) is 52.2. The number of nitrogens with zero attached hydrogens (tertiary/aromatic N) is 9. The van der Waals surface area contributed by atoms with Crippen LogP contribution in [-0.4, -0.2) is 163 Å². The minimum atomic E-state index is -3.52. The maximum Gasteiger partial charge on any atom is 0.339 e. The van der Waals surface area contributed by atoms with E-state index >= 15 is 0 Å². The van der Waals surface area contributed by atoms with E-state index in [1.165, 1.54) is 7.11 Å². The number of benzene rings is 4.